The van der Waals surface area contributed by atoms with E-state index in [-0.39, 0.29) is 21.9 Å². The zero-order valence-corrected chi connectivity index (χ0v) is 15.1. The number of rotatable bonds is 5. The third-order valence-electron chi connectivity index (χ3n) is 3.12. The van der Waals surface area contributed by atoms with Crippen LogP contribution in [-0.4, -0.2) is 19.9 Å². The fraction of sp³-hybridized carbons (Fsp3) is 0.500. The lowest BCUT2D eigenvalue weighted by Crippen LogP contribution is -2.43. The van der Waals surface area contributed by atoms with Gasteiger partial charge >= 0.3 is 0 Å². The molecule has 0 spiro atoms. The quantitative estimate of drug-likeness (QED) is 0.827. The Labute approximate surface area is 134 Å². The predicted octanol–water partition coefficient (Wildman–Crippen LogP) is 2.71. The normalized spacial score (nSPS) is 12.3. The maximum absolute atomic E-state index is 12.3. The molecule has 0 saturated carbocycles. The van der Waals surface area contributed by atoms with Gasteiger partial charge in [0.2, 0.25) is 10.0 Å². The van der Waals surface area contributed by atoms with E-state index in [2.05, 4.69) is 21.2 Å². The van der Waals surface area contributed by atoms with Gasteiger partial charge in [-0.05, 0) is 60.8 Å². The molecule has 0 aromatic heterocycles. The van der Waals surface area contributed by atoms with Crippen LogP contribution < -0.4 is 10.5 Å². The highest BCUT2D eigenvalue weighted by Gasteiger charge is 2.23. The van der Waals surface area contributed by atoms with E-state index in [9.17, 15) is 13.2 Å². The lowest BCUT2D eigenvalue weighted by Gasteiger charge is -2.26. The Kier molecular flexibility index (Phi) is 5.57. The van der Waals surface area contributed by atoms with Crippen LogP contribution in [0.1, 0.15) is 49.5 Å². The lowest BCUT2D eigenvalue weighted by atomic mass is 9.98. The molecule has 21 heavy (non-hydrogen) atoms. The van der Waals surface area contributed by atoms with E-state index in [0.717, 1.165) is 12.8 Å². The van der Waals surface area contributed by atoms with Gasteiger partial charge in [-0.2, -0.15) is 0 Å². The molecule has 0 aliphatic heterocycles. The first kappa shape index (κ1) is 18.1. The van der Waals surface area contributed by atoms with Gasteiger partial charge in [0, 0.05) is 15.6 Å². The summed E-state index contributed by atoms with van der Waals surface area (Å²) in [5.41, 5.74) is 0.568. The minimum atomic E-state index is -3.89. The number of halogens is 1. The largest absolute Gasteiger partial charge is 0.347 e. The Morgan fingerprint density at radius 3 is 2.43 bits per heavy atom. The van der Waals surface area contributed by atoms with Crippen LogP contribution in [0, 0.1) is 6.92 Å². The summed E-state index contributed by atoms with van der Waals surface area (Å²) < 4.78 is 23.6. The average Bonchev–Trinajstić information content (AvgIpc) is 2.29. The van der Waals surface area contributed by atoms with Crippen LogP contribution in [0.5, 0.6) is 0 Å². The molecule has 118 valence electrons. The minimum absolute atomic E-state index is 0.0825. The Hall–Kier alpha value is -0.920. The average molecular weight is 377 g/mol. The fourth-order valence-electron chi connectivity index (χ4n) is 2.14. The number of carbonyl (C=O) groups excluding carboxylic acids is 1. The van der Waals surface area contributed by atoms with E-state index in [0.29, 0.717) is 10.0 Å². The molecular weight excluding hydrogens is 356 g/mol. The number of benzene rings is 1. The van der Waals surface area contributed by atoms with Crippen molar-refractivity contribution in [3.63, 3.8) is 0 Å². The number of hydrogen-bond donors (Lipinski definition) is 2. The maximum Gasteiger partial charge on any atom is 0.251 e. The van der Waals surface area contributed by atoms with Crippen molar-refractivity contribution < 1.29 is 13.2 Å². The van der Waals surface area contributed by atoms with E-state index >= 15 is 0 Å². The van der Waals surface area contributed by atoms with Crippen LogP contribution in [0.25, 0.3) is 0 Å². The van der Waals surface area contributed by atoms with E-state index in [4.69, 9.17) is 5.14 Å². The third kappa shape index (κ3) is 4.79. The summed E-state index contributed by atoms with van der Waals surface area (Å²) in [4.78, 5) is 12.2. The molecule has 7 heteroatoms. The molecular formula is C14H21BrN2O3S. The van der Waals surface area contributed by atoms with Crippen molar-refractivity contribution in [2.75, 3.05) is 0 Å². The molecule has 0 heterocycles. The molecule has 0 saturated heterocycles. The Morgan fingerprint density at radius 2 is 1.95 bits per heavy atom. The van der Waals surface area contributed by atoms with E-state index in [1.807, 2.05) is 20.8 Å². The van der Waals surface area contributed by atoms with Crippen LogP contribution in [0.3, 0.4) is 0 Å². The van der Waals surface area contributed by atoms with Crippen LogP contribution in [0.2, 0.25) is 0 Å². The monoisotopic (exact) mass is 376 g/mol. The molecule has 0 fully saturated rings. The fourth-order valence-corrected chi connectivity index (χ4v) is 3.75. The molecule has 1 aromatic carbocycles. The van der Waals surface area contributed by atoms with Gasteiger partial charge in [-0.25, -0.2) is 13.6 Å². The van der Waals surface area contributed by atoms with Crippen LogP contribution in [0.15, 0.2) is 21.5 Å². The molecule has 0 aliphatic carbocycles. The topological polar surface area (TPSA) is 89.3 Å². The third-order valence-corrected chi connectivity index (χ3v) is 5.37. The first-order chi connectivity index (χ1) is 9.48. The molecule has 5 nitrogen and oxygen atoms in total. The van der Waals surface area contributed by atoms with Gasteiger partial charge in [0.05, 0.1) is 4.90 Å². The summed E-state index contributed by atoms with van der Waals surface area (Å²) in [6.07, 6.45) is 1.77. The van der Waals surface area contributed by atoms with E-state index < -0.39 is 10.0 Å². The van der Waals surface area contributed by atoms with Crippen molar-refractivity contribution >= 4 is 31.9 Å². The van der Waals surface area contributed by atoms with Crippen molar-refractivity contribution in [1.82, 2.24) is 5.32 Å². The predicted molar refractivity (Wildman–Crippen MR) is 86.7 cm³/mol. The van der Waals surface area contributed by atoms with Crippen molar-refractivity contribution in [2.24, 2.45) is 5.14 Å². The second-order valence-corrected chi connectivity index (χ2v) is 8.06. The number of nitrogens with two attached hydrogens (primary N) is 1. The number of primary sulfonamides is 1. The molecule has 1 aromatic rings. The first-order valence-electron chi connectivity index (χ1n) is 6.63. The zero-order chi connectivity index (χ0) is 16.4. The first-order valence-corrected chi connectivity index (χ1v) is 8.97. The summed E-state index contributed by atoms with van der Waals surface area (Å²) in [6.45, 7) is 7.62. The van der Waals surface area contributed by atoms with Gasteiger partial charge in [-0.3, -0.25) is 4.79 Å². The van der Waals surface area contributed by atoms with Crippen LogP contribution in [0.4, 0.5) is 0 Å². The Bertz CT molecular complexity index is 654. The second-order valence-electron chi connectivity index (χ2n) is 5.74. The lowest BCUT2D eigenvalue weighted by molar-refractivity contribution is 0.0908. The second kappa shape index (κ2) is 6.46. The van der Waals surface area contributed by atoms with Crippen molar-refractivity contribution in [2.45, 2.75) is 51.0 Å². The van der Waals surface area contributed by atoms with Gasteiger partial charge in [0.25, 0.3) is 5.91 Å². The molecule has 0 unspecified atom stereocenters. The zero-order valence-electron chi connectivity index (χ0n) is 12.7. The number of carbonyl (C=O) groups is 1. The molecule has 0 aliphatic rings. The molecule has 0 atom stereocenters. The van der Waals surface area contributed by atoms with Crippen molar-refractivity contribution in [3.8, 4) is 0 Å². The van der Waals surface area contributed by atoms with Gasteiger partial charge in [0.15, 0.2) is 0 Å². The summed E-state index contributed by atoms with van der Waals surface area (Å²) in [7, 11) is -3.89. The molecule has 1 rings (SSSR count). The number of amides is 1. The van der Waals surface area contributed by atoms with Gasteiger partial charge in [-0.15, -0.1) is 0 Å². The van der Waals surface area contributed by atoms with E-state index in [1.165, 1.54) is 6.07 Å². The van der Waals surface area contributed by atoms with Crippen LogP contribution >= 0.6 is 15.9 Å². The van der Waals surface area contributed by atoms with Gasteiger partial charge < -0.3 is 5.32 Å². The van der Waals surface area contributed by atoms with E-state index in [1.54, 1.807) is 13.0 Å². The maximum atomic E-state index is 12.3. The minimum Gasteiger partial charge on any atom is -0.347 e. The summed E-state index contributed by atoms with van der Waals surface area (Å²) in [6, 6.07) is 2.93. The number of nitrogens with one attached hydrogen (secondary N) is 1. The molecule has 0 radical (unpaired) electrons. The smallest absolute Gasteiger partial charge is 0.251 e. The molecule has 0 bridgehead atoms. The number of hydrogen-bond acceptors (Lipinski definition) is 3. The summed E-state index contributed by atoms with van der Waals surface area (Å²) in [5, 5.41) is 8.09. The van der Waals surface area contributed by atoms with Crippen molar-refractivity contribution in [3.05, 3.63) is 27.7 Å². The summed E-state index contributed by atoms with van der Waals surface area (Å²) >= 11 is 3.19. The van der Waals surface area contributed by atoms with Gasteiger partial charge in [0.1, 0.15) is 0 Å². The molecule has 3 N–H and O–H groups in total. The summed E-state index contributed by atoms with van der Waals surface area (Å²) in [5.74, 6) is -0.311. The highest BCUT2D eigenvalue weighted by molar-refractivity contribution is 9.10. The number of sulfonamides is 1. The van der Waals surface area contributed by atoms with Crippen molar-refractivity contribution in [1.29, 1.82) is 0 Å². The number of aryl methyl sites for hydroxylation is 1. The highest BCUT2D eigenvalue weighted by Crippen LogP contribution is 2.26. The highest BCUT2D eigenvalue weighted by atomic mass is 79.9. The standard InChI is InChI=1S/C14H21BrN2O3S/c1-5-6-14(3,4)17-13(18)10-7-9(2)12(15)11(8-10)21(16,19)20/h7-8H,5-6H2,1-4H3,(H,17,18)(H2,16,19,20). The Morgan fingerprint density at radius 1 is 1.38 bits per heavy atom. The Balaban J connectivity index is 3.21. The van der Waals surface area contributed by atoms with Gasteiger partial charge in [-0.1, -0.05) is 13.3 Å². The SMILES string of the molecule is CCCC(C)(C)NC(=O)c1cc(C)c(Br)c(S(N)(=O)=O)c1. The molecule has 1 amide bonds. The van der Waals surface area contributed by atoms with Crippen LogP contribution in [-0.2, 0) is 10.0 Å².